The van der Waals surface area contributed by atoms with Crippen molar-refractivity contribution < 1.29 is 14.3 Å². The van der Waals surface area contributed by atoms with Gasteiger partial charge in [-0.05, 0) is 18.1 Å². The Bertz CT molecular complexity index is 638. The predicted molar refractivity (Wildman–Crippen MR) is 73.4 cm³/mol. The monoisotopic (exact) mass is 269 g/mol. The van der Waals surface area contributed by atoms with E-state index in [1.807, 2.05) is 30.3 Å². The number of hydrogen-bond donors (Lipinski definition) is 0. The summed E-state index contributed by atoms with van der Waals surface area (Å²) in [6.45, 7) is 0.343. The number of ether oxygens (including phenoxy) is 1. The van der Waals surface area contributed by atoms with Gasteiger partial charge in [-0.2, -0.15) is 0 Å². The van der Waals surface area contributed by atoms with E-state index in [9.17, 15) is 10.0 Å². The molecule has 1 aromatic heterocycles. The number of carbonyl (C=O) groups is 1. The van der Waals surface area contributed by atoms with Crippen LogP contribution in [0.2, 0.25) is 0 Å². The molecular formula is C16H15NO3. The van der Waals surface area contributed by atoms with Crippen LogP contribution in [0.5, 0.6) is 5.88 Å². The highest BCUT2D eigenvalue weighted by Crippen LogP contribution is 2.21. The van der Waals surface area contributed by atoms with Crippen LogP contribution < -0.4 is 9.47 Å². The van der Waals surface area contributed by atoms with Crippen LogP contribution in [0.4, 0.5) is 0 Å². The molecule has 1 aliphatic rings. The number of hydrogen-bond acceptors (Lipinski definition) is 3. The third-order valence-electron chi connectivity index (χ3n) is 3.50. The number of aromatic nitrogens is 1. The Labute approximate surface area is 117 Å². The highest BCUT2D eigenvalue weighted by atomic mass is 16.5. The van der Waals surface area contributed by atoms with Gasteiger partial charge in [0, 0.05) is 12.8 Å². The van der Waals surface area contributed by atoms with Crippen molar-refractivity contribution in [1.29, 1.82) is 0 Å². The summed E-state index contributed by atoms with van der Waals surface area (Å²) in [4.78, 5) is 11.7. The minimum absolute atomic E-state index is 0.0467. The minimum Gasteiger partial charge on any atom is -0.616 e. The van der Waals surface area contributed by atoms with E-state index in [2.05, 4.69) is 0 Å². The summed E-state index contributed by atoms with van der Waals surface area (Å²) in [5, 5.41) is 12.2. The maximum atomic E-state index is 12.2. The van der Waals surface area contributed by atoms with Gasteiger partial charge in [0.1, 0.15) is 6.61 Å². The van der Waals surface area contributed by atoms with Gasteiger partial charge in [-0.25, -0.2) is 0 Å². The molecule has 4 heteroatoms. The first-order valence-electron chi connectivity index (χ1n) is 6.71. The molecule has 102 valence electrons. The van der Waals surface area contributed by atoms with Crippen LogP contribution in [0.3, 0.4) is 0 Å². The highest BCUT2D eigenvalue weighted by Gasteiger charge is 2.26. The van der Waals surface area contributed by atoms with Gasteiger partial charge in [-0.3, -0.25) is 4.79 Å². The van der Waals surface area contributed by atoms with E-state index in [0.29, 0.717) is 30.7 Å². The molecule has 0 saturated carbocycles. The van der Waals surface area contributed by atoms with Crippen molar-refractivity contribution in [3.8, 4) is 5.88 Å². The van der Waals surface area contributed by atoms with Crippen LogP contribution in [0.25, 0.3) is 0 Å². The number of benzene rings is 1. The van der Waals surface area contributed by atoms with Gasteiger partial charge < -0.3 is 9.94 Å². The number of fused-ring (bicyclic) bond motifs is 1. The highest BCUT2D eigenvalue weighted by molar-refractivity contribution is 5.97. The summed E-state index contributed by atoms with van der Waals surface area (Å²) in [7, 11) is 0. The second-order valence-electron chi connectivity index (χ2n) is 4.88. The smallest absolute Gasteiger partial charge is 0.379 e. The Morgan fingerprint density at radius 2 is 1.90 bits per heavy atom. The summed E-state index contributed by atoms with van der Waals surface area (Å²) in [6, 6.07) is 12.9. The Hall–Kier alpha value is -2.36. The molecule has 0 atom stereocenters. The summed E-state index contributed by atoms with van der Waals surface area (Å²) >= 11 is 0. The average molecular weight is 269 g/mol. The lowest BCUT2D eigenvalue weighted by atomic mass is 9.95. The molecular weight excluding hydrogens is 254 g/mol. The largest absolute Gasteiger partial charge is 0.616 e. The van der Waals surface area contributed by atoms with Gasteiger partial charge in [0.05, 0.1) is 11.6 Å². The van der Waals surface area contributed by atoms with Crippen LogP contribution >= 0.6 is 0 Å². The van der Waals surface area contributed by atoms with Crippen LogP contribution in [-0.2, 0) is 13.0 Å². The molecule has 0 radical (unpaired) electrons. The third kappa shape index (κ3) is 2.37. The van der Waals surface area contributed by atoms with Crippen molar-refractivity contribution in [2.24, 2.45) is 0 Å². The van der Waals surface area contributed by atoms with E-state index in [1.165, 1.54) is 0 Å². The SMILES string of the molecule is O=C1CCCc2c1ccc(OCc1ccccc1)[n+]2[O-]. The number of nitrogens with zero attached hydrogens (tertiary/aromatic N) is 1. The summed E-state index contributed by atoms with van der Waals surface area (Å²) in [6.07, 6.45) is 1.89. The number of pyridine rings is 1. The Balaban J connectivity index is 1.83. The molecule has 4 nitrogen and oxygen atoms in total. The lowest BCUT2D eigenvalue weighted by Gasteiger charge is -2.16. The summed E-state index contributed by atoms with van der Waals surface area (Å²) < 4.78 is 6.32. The average Bonchev–Trinajstić information content (AvgIpc) is 2.48. The van der Waals surface area contributed by atoms with Crippen molar-refractivity contribution in [3.63, 3.8) is 0 Å². The zero-order valence-electron chi connectivity index (χ0n) is 11.0. The molecule has 1 aliphatic carbocycles. The van der Waals surface area contributed by atoms with Gasteiger partial charge in [0.25, 0.3) is 0 Å². The minimum atomic E-state index is 0.0467. The number of ketones is 1. The molecule has 2 aromatic rings. The van der Waals surface area contributed by atoms with Gasteiger partial charge in [-0.1, -0.05) is 30.3 Å². The fourth-order valence-electron chi connectivity index (χ4n) is 2.44. The van der Waals surface area contributed by atoms with Crippen molar-refractivity contribution in [2.45, 2.75) is 25.9 Å². The van der Waals surface area contributed by atoms with Gasteiger partial charge >= 0.3 is 5.88 Å². The summed E-state index contributed by atoms with van der Waals surface area (Å²) in [5.41, 5.74) is 2.08. The fraction of sp³-hybridized carbons (Fsp3) is 0.250. The van der Waals surface area contributed by atoms with Crippen LogP contribution in [0.15, 0.2) is 42.5 Å². The molecule has 0 amide bonds. The van der Waals surface area contributed by atoms with Crippen LogP contribution in [0.1, 0.15) is 34.5 Å². The van der Waals surface area contributed by atoms with E-state index in [4.69, 9.17) is 4.74 Å². The topological polar surface area (TPSA) is 53.2 Å². The number of carbonyl (C=O) groups excluding carboxylic acids is 1. The van der Waals surface area contributed by atoms with E-state index >= 15 is 0 Å². The van der Waals surface area contributed by atoms with Crippen LogP contribution in [0, 0.1) is 5.21 Å². The molecule has 0 aliphatic heterocycles. The maximum absolute atomic E-state index is 12.2. The Kier molecular flexibility index (Phi) is 3.37. The first-order valence-corrected chi connectivity index (χ1v) is 6.71. The molecule has 0 bridgehead atoms. The molecule has 0 unspecified atom stereocenters. The Morgan fingerprint density at radius 3 is 2.70 bits per heavy atom. The second kappa shape index (κ2) is 5.33. The standard InChI is InChI=1S/C16H15NO3/c18-15-8-4-7-14-13(15)9-10-16(17(14)19)20-11-12-5-2-1-3-6-12/h1-3,5-6,9-10H,4,7-8,11H2. The third-order valence-corrected chi connectivity index (χ3v) is 3.50. The second-order valence-corrected chi connectivity index (χ2v) is 4.88. The van der Waals surface area contributed by atoms with E-state index < -0.39 is 0 Å². The van der Waals surface area contributed by atoms with Gasteiger partial charge in [0.15, 0.2) is 5.78 Å². The molecule has 0 fully saturated rings. The fourth-order valence-corrected chi connectivity index (χ4v) is 2.44. The lowest BCUT2D eigenvalue weighted by Crippen LogP contribution is -2.37. The first-order chi connectivity index (χ1) is 9.75. The molecule has 0 spiro atoms. The quantitative estimate of drug-likeness (QED) is 0.635. The van der Waals surface area contributed by atoms with Gasteiger partial charge in [0.2, 0.25) is 5.69 Å². The van der Waals surface area contributed by atoms with Crippen molar-refractivity contribution in [3.05, 3.63) is 64.5 Å². The number of Topliss-reactive ketones (excluding diaryl/α,β-unsaturated/α-hetero) is 1. The molecule has 0 saturated heterocycles. The first kappa shape index (κ1) is 12.7. The van der Waals surface area contributed by atoms with Crippen molar-refractivity contribution in [1.82, 2.24) is 0 Å². The van der Waals surface area contributed by atoms with Crippen molar-refractivity contribution >= 4 is 5.78 Å². The van der Waals surface area contributed by atoms with E-state index in [-0.39, 0.29) is 11.7 Å². The number of rotatable bonds is 3. The van der Waals surface area contributed by atoms with Crippen molar-refractivity contribution in [2.75, 3.05) is 0 Å². The lowest BCUT2D eigenvalue weighted by molar-refractivity contribution is -0.621. The molecule has 0 N–H and O–H groups in total. The zero-order valence-corrected chi connectivity index (χ0v) is 11.0. The molecule has 20 heavy (non-hydrogen) atoms. The Morgan fingerprint density at radius 1 is 1.10 bits per heavy atom. The molecule has 1 aromatic carbocycles. The van der Waals surface area contributed by atoms with E-state index in [0.717, 1.165) is 16.7 Å². The maximum Gasteiger partial charge on any atom is 0.379 e. The zero-order chi connectivity index (χ0) is 13.9. The molecule has 3 rings (SSSR count). The normalized spacial score (nSPS) is 13.9. The van der Waals surface area contributed by atoms with Gasteiger partial charge in [-0.15, -0.1) is 4.73 Å². The van der Waals surface area contributed by atoms with Crippen LogP contribution in [-0.4, -0.2) is 5.78 Å². The van der Waals surface area contributed by atoms with E-state index in [1.54, 1.807) is 12.1 Å². The summed E-state index contributed by atoms with van der Waals surface area (Å²) in [5.74, 6) is 0.299. The molecule has 1 heterocycles. The predicted octanol–water partition coefficient (Wildman–Crippen LogP) is 2.42.